The van der Waals surface area contributed by atoms with E-state index >= 15 is 0 Å². The van der Waals surface area contributed by atoms with Gasteiger partial charge in [0.25, 0.3) is 0 Å². The normalized spacial score (nSPS) is 11.7. The highest BCUT2D eigenvalue weighted by atomic mass is 79.9. The lowest BCUT2D eigenvalue weighted by Gasteiger charge is -2.34. The summed E-state index contributed by atoms with van der Waals surface area (Å²) in [5, 5.41) is 7.81. The standard InChI is InChI=1S/C31H29Br2N5O2/c32-24-15-20(16-25(33)28(24)34)18-38(26(30(37)39)17-19-8-7-13-23(14-19)29(35)36)31(40)27(21-9-3-1-4-10-21)22-11-5-2-6-12-22/h1-16,26-27H,17-18,34H2,(H3,35,36)(H2,37,39)/t26-/m1/s1. The number of nitrogens with one attached hydrogen (secondary N) is 1. The van der Waals surface area contributed by atoms with Gasteiger partial charge in [-0.25, -0.2) is 0 Å². The first-order valence-electron chi connectivity index (χ1n) is 12.5. The van der Waals surface area contributed by atoms with Crippen molar-refractivity contribution in [1.29, 1.82) is 5.41 Å². The summed E-state index contributed by atoms with van der Waals surface area (Å²) in [7, 11) is 0. The lowest BCUT2D eigenvalue weighted by atomic mass is 9.88. The molecule has 2 amide bonds. The monoisotopic (exact) mass is 661 g/mol. The predicted molar refractivity (Wildman–Crippen MR) is 166 cm³/mol. The summed E-state index contributed by atoms with van der Waals surface area (Å²) < 4.78 is 1.33. The maximum atomic E-state index is 14.6. The Kier molecular flexibility index (Phi) is 9.39. The quantitative estimate of drug-likeness (QED) is 0.103. The predicted octanol–water partition coefficient (Wildman–Crippen LogP) is 5.34. The Hall–Kier alpha value is -3.95. The van der Waals surface area contributed by atoms with E-state index in [1.165, 1.54) is 4.90 Å². The number of hydrogen-bond donors (Lipinski definition) is 4. The van der Waals surface area contributed by atoms with Gasteiger partial charge < -0.3 is 22.1 Å². The zero-order chi connectivity index (χ0) is 28.8. The fraction of sp³-hybridized carbons (Fsp3) is 0.129. The van der Waals surface area contributed by atoms with Crippen LogP contribution in [0.15, 0.2) is 106 Å². The van der Waals surface area contributed by atoms with E-state index < -0.39 is 17.9 Å². The molecule has 0 unspecified atom stereocenters. The number of rotatable bonds is 10. The highest BCUT2D eigenvalue weighted by Gasteiger charge is 2.35. The van der Waals surface area contributed by atoms with Crippen molar-refractivity contribution in [2.45, 2.75) is 24.9 Å². The second-order valence-corrected chi connectivity index (χ2v) is 11.1. The van der Waals surface area contributed by atoms with Crippen molar-refractivity contribution in [3.8, 4) is 0 Å². The number of nitrogens with zero attached hydrogens (tertiary/aromatic N) is 1. The topological polar surface area (TPSA) is 139 Å². The van der Waals surface area contributed by atoms with Crippen molar-refractivity contribution in [1.82, 2.24) is 4.90 Å². The largest absolute Gasteiger partial charge is 0.397 e. The van der Waals surface area contributed by atoms with Gasteiger partial charge in [-0.05, 0) is 72.3 Å². The van der Waals surface area contributed by atoms with Crippen LogP contribution in [0.3, 0.4) is 0 Å². The van der Waals surface area contributed by atoms with Gasteiger partial charge in [0, 0.05) is 27.5 Å². The van der Waals surface area contributed by atoms with Gasteiger partial charge in [-0.15, -0.1) is 0 Å². The maximum Gasteiger partial charge on any atom is 0.240 e. The van der Waals surface area contributed by atoms with Crippen LogP contribution in [-0.4, -0.2) is 28.6 Å². The van der Waals surface area contributed by atoms with E-state index in [0.29, 0.717) is 20.2 Å². The second-order valence-electron chi connectivity index (χ2n) is 9.43. The minimum absolute atomic E-state index is 0.0878. The molecule has 7 nitrogen and oxygen atoms in total. The molecule has 0 radical (unpaired) electrons. The van der Waals surface area contributed by atoms with Crippen LogP contribution in [0.25, 0.3) is 0 Å². The van der Waals surface area contributed by atoms with Crippen molar-refractivity contribution in [3.05, 3.63) is 134 Å². The molecule has 4 aromatic carbocycles. The summed E-state index contributed by atoms with van der Waals surface area (Å²) in [5.41, 5.74) is 21.9. The fourth-order valence-electron chi connectivity index (χ4n) is 4.65. The Balaban J connectivity index is 1.84. The summed E-state index contributed by atoms with van der Waals surface area (Å²) >= 11 is 6.97. The van der Waals surface area contributed by atoms with Gasteiger partial charge in [0.1, 0.15) is 11.9 Å². The third-order valence-corrected chi connectivity index (χ3v) is 7.97. The van der Waals surface area contributed by atoms with Crippen LogP contribution in [0, 0.1) is 5.41 Å². The number of carbonyl (C=O) groups excluding carboxylic acids is 2. The number of nitrogen functional groups attached to an aromatic ring is 2. The van der Waals surface area contributed by atoms with E-state index in [1.807, 2.05) is 78.9 Å². The Morgan fingerprint density at radius 1 is 0.775 bits per heavy atom. The molecule has 9 heteroatoms. The van der Waals surface area contributed by atoms with Gasteiger partial charge in [-0.3, -0.25) is 15.0 Å². The minimum atomic E-state index is -0.986. The van der Waals surface area contributed by atoms with Crippen molar-refractivity contribution < 1.29 is 9.59 Å². The van der Waals surface area contributed by atoms with Gasteiger partial charge >= 0.3 is 0 Å². The third kappa shape index (κ3) is 6.78. The summed E-state index contributed by atoms with van der Waals surface area (Å²) in [4.78, 5) is 29.2. The first-order chi connectivity index (χ1) is 19.2. The van der Waals surface area contributed by atoms with Gasteiger partial charge in [0.2, 0.25) is 11.8 Å². The number of nitrogens with two attached hydrogens (primary N) is 3. The van der Waals surface area contributed by atoms with Crippen molar-refractivity contribution in [3.63, 3.8) is 0 Å². The molecule has 0 aliphatic heterocycles. The number of halogens is 2. The first-order valence-corrected chi connectivity index (χ1v) is 14.1. The highest BCUT2D eigenvalue weighted by Crippen LogP contribution is 2.33. The van der Waals surface area contributed by atoms with Crippen molar-refractivity contribution in [2.75, 3.05) is 5.73 Å². The molecule has 204 valence electrons. The lowest BCUT2D eigenvalue weighted by Crippen LogP contribution is -2.50. The van der Waals surface area contributed by atoms with E-state index in [-0.39, 0.29) is 24.7 Å². The molecular weight excluding hydrogens is 634 g/mol. The summed E-state index contributed by atoms with van der Waals surface area (Å²) in [5.74, 6) is -1.67. The molecule has 0 aliphatic carbocycles. The molecule has 0 fully saturated rings. The number of anilines is 1. The van der Waals surface area contributed by atoms with Crippen LogP contribution in [0.2, 0.25) is 0 Å². The molecule has 0 saturated carbocycles. The molecule has 0 aromatic heterocycles. The van der Waals surface area contributed by atoms with Crippen LogP contribution in [0.4, 0.5) is 5.69 Å². The number of hydrogen-bond acceptors (Lipinski definition) is 4. The molecule has 0 saturated heterocycles. The first kappa shape index (κ1) is 29.0. The van der Waals surface area contributed by atoms with E-state index in [9.17, 15) is 9.59 Å². The Morgan fingerprint density at radius 3 is 1.82 bits per heavy atom. The van der Waals surface area contributed by atoms with Crippen molar-refractivity contribution in [2.24, 2.45) is 11.5 Å². The van der Waals surface area contributed by atoms with Crippen LogP contribution in [0.1, 0.15) is 33.7 Å². The van der Waals surface area contributed by atoms with Gasteiger partial charge in [0.15, 0.2) is 0 Å². The van der Waals surface area contributed by atoms with Crippen LogP contribution in [-0.2, 0) is 22.6 Å². The number of primary amides is 1. The maximum absolute atomic E-state index is 14.6. The smallest absolute Gasteiger partial charge is 0.240 e. The summed E-state index contributed by atoms with van der Waals surface area (Å²) in [6, 6.07) is 28.7. The minimum Gasteiger partial charge on any atom is -0.397 e. The fourth-order valence-corrected chi connectivity index (χ4v) is 5.94. The van der Waals surface area contributed by atoms with Crippen molar-refractivity contribution >= 4 is 55.2 Å². The van der Waals surface area contributed by atoms with Gasteiger partial charge in [0.05, 0.1) is 11.6 Å². The Morgan fingerprint density at radius 2 is 1.32 bits per heavy atom. The zero-order valence-corrected chi connectivity index (χ0v) is 24.7. The molecule has 0 bridgehead atoms. The zero-order valence-electron chi connectivity index (χ0n) is 21.6. The average Bonchev–Trinajstić information content (AvgIpc) is 2.94. The van der Waals surface area contributed by atoms with E-state index in [0.717, 1.165) is 22.3 Å². The molecule has 4 rings (SSSR count). The molecular formula is C31H29Br2N5O2. The molecule has 0 spiro atoms. The Bertz CT molecular complexity index is 1470. The SMILES string of the molecule is N=C(N)c1cccc(C[C@H](C(N)=O)N(Cc2cc(Br)c(N)c(Br)c2)C(=O)C(c2ccccc2)c2ccccc2)c1. The van der Waals surface area contributed by atoms with Crippen LogP contribution < -0.4 is 17.2 Å². The number of amidine groups is 1. The lowest BCUT2D eigenvalue weighted by molar-refractivity contribution is -0.140. The summed E-state index contributed by atoms with van der Waals surface area (Å²) in [6.45, 7) is 0.104. The third-order valence-electron chi connectivity index (χ3n) is 6.66. The molecule has 40 heavy (non-hydrogen) atoms. The molecule has 0 aliphatic rings. The molecule has 4 aromatic rings. The van der Waals surface area contributed by atoms with E-state index in [1.54, 1.807) is 18.2 Å². The van der Waals surface area contributed by atoms with E-state index in [4.69, 9.17) is 22.6 Å². The Labute approximate surface area is 250 Å². The van der Waals surface area contributed by atoms with E-state index in [2.05, 4.69) is 31.9 Å². The number of carbonyl (C=O) groups is 2. The second kappa shape index (κ2) is 12.9. The molecule has 7 N–H and O–H groups in total. The highest BCUT2D eigenvalue weighted by molar-refractivity contribution is 9.11. The van der Waals surface area contributed by atoms with Crippen LogP contribution in [0.5, 0.6) is 0 Å². The molecule has 0 heterocycles. The summed E-state index contributed by atoms with van der Waals surface area (Å²) in [6.07, 6.45) is 0.149. The average molecular weight is 663 g/mol. The van der Waals surface area contributed by atoms with Crippen LogP contribution >= 0.6 is 31.9 Å². The number of benzene rings is 4. The van der Waals surface area contributed by atoms with Gasteiger partial charge in [-0.2, -0.15) is 0 Å². The number of amides is 2. The molecule has 1 atom stereocenters. The van der Waals surface area contributed by atoms with Gasteiger partial charge in [-0.1, -0.05) is 78.9 Å².